The van der Waals surface area contributed by atoms with Crippen molar-refractivity contribution in [3.63, 3.8) is 0 Å². The summed E-state index contributed by atoms with van der Waals surface area (Å²) in [5.74, 6) is -0.392. The summed E-state index contributed by atoms with van der Waals surface area (Å²) in [5, 5.41) is 10.1. The lowest BCUT2D eigenvalue weighted by Gasteiger charge is -2.53. The summed E-state index contributed by atoms with van der Waals surface area (Å²) in [6.07, 6.45) is 2.89. The van der Waals surface area contributed by atoms with E-state index in [4.69, 9.17) is 0 Å². The molecule has 148 valence electrons. The fourth-order valence-corrected chi connectivity index (χ4v) is 4.96. The number of likely N-dealkylation sites (tertiary alicyclic amines) is 2. The normalized spacial score (nSPS) is 25.4. The standard InChI is InChI=1S/C23H27FN2O2/c1-25-13-6-11-23(16-27)12-14-26(15-21(23)25)22(28)19-9-3-2-7-17(19)18-8-4-5-10-20(18)24/h2-5,7-10,21,27H,6,11-16H2,1H3/t21-,23-/m1/s1. The molecule has 2 aliphatic heterocycles. The van der Waals surface area contributed by atoms with Crippen LogP contribution in [0.25, 0.3) is 11.1 Å². The molecule has 0 unspecified atom stereocenters. The van der Waals surface area contributed by atoms with Gasteiger partial charge in [-0.25, -0.2) is 4.39 Å². The van der Waals surface area contributed by atoms with Gasteiger partial charge in [0.1, 0.15) is 5.82 Å². The third-order valence-corrected chi connectivity index (χ3v) is 6.62. The summed E-state index contributed by atoms with van der Waals surface area (Å²) in [4.78, 5) is 17.6. The maximum atomic E-state index is 14.4. The van der Waals surface area contributed by atoms with Crippen molar-refractivity contribution >= 4 is 5.91 Å². The molecule has 2 heterocycles. The van der Waals surface area contributed by atoms with E-state index in [9.17, 15) is 14.3 Å². The lowest BCUT2D eigenvalue weighted by Crippen LogP contribution is -2.62. The minimum Gasteiger partial charge on any atom is -0.396 e. The Kier molecular flexibility index (Phi) is 5.21. The van der Waals surface area contributed by atoms with Crippen LogP contribution in [0.5, 0.6) is 0 Å². The number of aliphatic hydroxyl groups excluding tert-OH is 1. The van der Waals surface area contributed by atoms with Crippen molar-refractivity contribution in [3.05, 3.63) is 59.9 Å². The van der Waals surface area contributed by atoms with Gasteiger partial charge in [0.05, 0.1) is 6.61 Å². The molecule has 2 atom stereocenters. The van der Waals surface area contributed by atoms with Crippen LogP contribution in [0.15, 0.2) is 48.5 Å². The first-order valence-electron chi connectivity index (χ1n) is 10.00. The van der Waals surface area contributed by atoms with Gasteiger partial charge in [-0.3, -0.25) is 4.79 Å². The smallest absolute Gasteiger partial charge is 0.254 e. The predicted octanol–water partition coefficient (Wildman–Crippen LogP) is 3.41. The summed E-state index contributed by atoms with van der Waals surface area (Å²) in [7, 11) is 2.08. The van der Waals surface area contributed by atoms with Crippen LogP contribution in [0.2, 0.25) is 0 Å². The van der Waals surface area contributed by atoms with Crippen LogP contribution in [-0.2, 0) is 0 Å². The molecule has 5 heteroatoms. The number of nitrogens with zero attached hydrogens (tertiary/aromatic N) is 2. The number of rotatable bonds is 3. The van der Waals surface area contributed by atoms with Crippen molar-refractivity contribution in [1.82, 2.24) is 9.80 Å². The summed E-state index contributed by atoms with van der Waals surface area (Å²) >= 11 is 0. The van der Waals surface area contributed by atoms with Crippen LogP contribution in [0.4, 0.5) is 4.39 Å². The largest absolute Gasteiger partial charge is 0.396 e. The fourth-order valence-electron chi connectivity index (χ4n) is 4.96. The first-order chi connectivity index (χ1) is 13.6. The average Bonchev–Trinajstić information content (AvgIpc) is 2.73. The van der Waals surface area contributed by atoms with E-state index < -0.39 is 0 Å². The number of piperidine rings is 2. The highest BCUT2D eigenvalue weighted by atomic mass is 19.1. The van der Waals surface area contributed by atoms with Gasteiger partial charge in [-0.05, 0) is 50.6 Å². The number of likely N-dealkylation sites (N-methyl/N-ethyl adjacent to an activating group) is 1. The van der Waals surface area contributed by atoms with Crippen molar-refractivity contribution in [2.75, 3.05) is 33.3 Å². The quantitative estimate of drug-likeness (QED) is 0.885. The number of aliphatic hydroxyl groups is 1. The molecule has 2 saturated heterocycles. The number of carbonyl (C=O) groups excluding carboxylic acids is 1. The summed E-state index contributed by atoms with van der Waals surface area (Å²) in [6.45, 7) is 2.37. The first-order valence-corrected chi connectivity index (χ1v) is 10.00. The highest BCUT2D eigenvalue weighted by Crippen LogP contribution is 2.42. The molecule has 1 N–H and O–H groups in total. The van der Waals surface area contributed by atoms with Crippen molar-refractivity contribution in [1.29, 1.82) is 0 Å². The fraction of sp³-hybridized carbons (Fsp3) is 0.435. The Morgan fingerprint density at radius 3 is 2.57 bits per heavy atom. The van der Waals surface area contributed by atoms with E-state index in [1.54, 1.807) is 30.3 Å². The second-order valence-electron chi connectivity index (χ2n) is 8.15. The van der Waals surface area contributed by atoms with Crippen molar-refractivity contribution < 1.29 is 14.3 Å². The van der Waals surface area contributed by atoms with E-state index in [0.717, 1.165) is 25.8 Å². The molecule has 4 nitrogen and oxygen atoms in total. The van der Waals surface area contributed by atoms with Crippen LogP contribution in [0, 0.1) is 11.2 Å². The Hall–Kier alpha value is -2.24. The molecule has 0 radical (unpaired) electrons. The Balaban J connectivity index is 1.64. The van der Waals surface area contributed by atoms with Crippen LogP contribution >= 0.6 is 0 Å². The van der Waals surface area contributed by atoms with Gasteiger partial charge < -0.3 is 14.9 Å². The Bertz CT molecular complexity index is 871. The van der Waals surface area contributed by atoms with Gasteiger partial charge in [-0.15, -0.1) is 0 Å². The molecular formula is C23H27FN2O2. The van der Waals surface area contributed by atoms with E-state index in [1.807, 2.05) is 17.0 Å². The maximum Gasteiger partial charge on any atom is 0.254 e. The lowest BCUT2D eigenvalue weighted by molar-refractivity contribution is -0.0601. The zero-order valence-electron chi connectivity index (χ0n) is 16.3. The van der Waals surface area contributed by atoms with E-state index in [1.165, 1.54) is 6.07 Å². The van der Waals surface area contributed by atoms with Gasteiger partial charge in [0.25, 0.3) is 5.91 Å². The summed E-state index contributed by atoms with van der Waals surface area (Å²) < 4.78 is 14.4. The Morgan fingerprint density at radius 1 is 1.11 bits per heavy atom. The average molecular weight is 382 g/mol. The molecule has 0 spiro atoms. The van der Waals surface area contributed by atoms with Gasteiger partial charge >= 0.3 is 0 Å². The zero-order valence-corrected chi connectivity index (χ0v) is 16.3. The van der Waals surface area contributed by atoms with Gasteiger partial charge in [-0.1, -0.05) is 36.4 Å². The van der Waals surface area contributed by atoms with E-state index >= 15 is 0 Å². The summed E-state index contributed by atoms with van der Waals surface area (Å²) in [5.41, 5.74) is 1.49. The molecule has 0 aliphatic carbocycles. The predicted molar refractivity (Wildman–Crippen MR) is 108 cm³/mol. The first kappa shape index (κ1) is 19.1. The zero-order chi connectivity index (χ0) is 19.7. The van der Waals surface area contributed by atoms with Crippen molar-refractivity contribution in [2.24, 2.45) is 5.41 Å². The monoisotopic (exact) mass is 382 g/mol. The molecule has 0 saturated carbocycles. The molecule has 2 aromatic rings. The molecule has 2 aliphatic rings. The number of amides is 1. The molecule has 2 fully saturated rings. The van der Waals surface area contributed by atoms with Crippen LogP contribution in [-0.4, -0.2) is 60.1 Å². The van der Waals surface area contributed by atoms with E-state index in [2.05, 4.69) is 11.9 Å². The van der Waals surface area contributed by atoms with Crippen LogP contribution in [0.3, 0.4) is 0 Å². The Labute approximate surface area is 165 Å². The lowest BCUT2D eigenvalue weighted by atomic mass is 9.69. The van der Waals surface area contributed by atoms with E-state index in [-0.39, 0.29) is 29.8 Å². The minimum atomic E-state index is -0.326. The third-order valence-electron chi connectivity index (χ3n) is 6.62. The molecule has 4 rings (SSSR count). The molecular weight excluding hydrogens is 355 g/mol. The topological polar surface area (TPSA) is 43.8 Å². The number of halogens is 1. The molecule has 28 heavy (non-hydrogen) atoms. The van der Waals surface area contributed by atoms with Crippen LogP contribution in [0.1, 0.15) is 29.6 Å². The van der Waals surface area contributed by atoms with Gasteiger partial charge in [-0.2, -0.15) is 0 Å². The Morgan fingerprint density at radius 2 is 1.82 bits per heavy atom. The number of hydrogen-bond donors (Lipinski definition) is 1. The second-order valence-corrected chi connectivity index (χ2v) is 8.15. The summed E-state index contributed by atoms with van der Waals surface area (Å²) in [6, 6.07) is 14.0. The highest BCUT2D eigenvalue weighted by molar-refractivity contribution is 6.01. The van der Waals surface area contributed by atoms with Gasteiger partial charge in [0, 0.05) is 35.7 Å². The molecule has 2 aromatic carbocycles. The maximum absolute atomic E-state index is 14.4. The highest BCUT2D eigenvalue weighted by Gasteiger charge is 2.47. The van der Waals surface area contributed by atoms with Gasteiger partial charge in [0.15, 0.2) is 0 Å². The number of benzene rings is 2. The third kappa shape index (κ3) is 3.23. The molecule has 0 bridgehead atoms. The second kappa shape index (κ2) is 7.64. The van der Waals surface area contributed by atoms with Crippen molar-refractivity contribution in [3.8, 4) is 11.1 Å². The molecule has 1 amide bonds. The number of carbonyl (C=O) groups is 1. The van der Waals surface area contributed by atoms with Gasteiger partial charge in [0.2, 0.25) is 0 Å². The minimum absolute atomic E-state index is 0.0654. The van der Waals surface area contributed by atoms with Crippen molar-refractivity contribution in [2.45, 2.75) is 25.3 Å². The van der Waals surface area contributed by atoms with Crippen LogP contribution < -0.4 is 0 Å². The number of hydrogen-bond acceptors (Lipinski definition) is 3. The SMILES string of the molecule is CN1CCC[C@]2(CO)CCN(C(=O)c3ccccc3-c3ccccc3F)C[C@@H]12. The molecule has 0 aromatic heterocycles. The number of fused-ring (bicyclic) bond motifs is 1. The van der Waals surface area contributed by atoms with E-state index in [0.29, 0.717) is 29.8 Å².